The highest BCUT2D eigenvalue weighted by Crippen LogP contribution is 2.36. The van der Waals surface area contributed by atoms with Gasteiger partial charge in [-0.15, -0.1) is 0 Å². The summed E-state index contributed by atoms with van der Waals surface area (Å²) in [7, 11) is 0. The Labute approximate surface area is 213 Å². The Morgan fingerprint density at radius 3 is 2.68 bits per heavy atom. The fraction of sp³-hybridized carbons (Fsp3) is 0.333. The van der Waals surface area contributed by atoms with E-state index in [2.05, 4.69) is 49.0 Å². The van der Waals surface area contributed by atoms with Gasteiger partial charge in [-0.3, -0.25) is 9.48 Å². The zero-order valence-electron chi connectivity index (χ0n) is 21.3. The van der Waals surface area contributed by atoms with Crippen molar-refractivity contribution in [2.75, 3.05) is 0 Å². The summed E-state index contributed by atoms with van der Waals surface area (Å²) in [5.41, 5.74) is 6.58. The van der Waals surface area contributed by atoms with E-state index in [0.717, 1.165) is 39.0 Å². The van der Waals surface area contributed by atoms with Gasteiger partial charge in [-0.1, -0.05) is 38.1 Å². The summed E-state index contributed by atoms with van der Waals surface area (Å²) in [5, 5.41) is 15.6. The molecule has 1 saturated carbocycles. The van der Waals surface area contributed by atoms with Gasteiger partial charge in [0.25, 0.3) is 11.7 Å². The van der Waals surface area contributed by atoms with Crippen LogP contribution in [0.25, 0.3) is 27.9 Å². The standard InChI is InChI=1S/C27H28N8O2/c1-16-9-17(5-6-18(16)11-28-25(36)24-32-26(37-33-24)27(2,3)4)23-22-10-19(13-35(22)31-15-29-23)20-12-30-34(14-20)21-7-8-21/h5-6,9-10,12-15,21H,7-8,11H2,1-4H3,(H,28,36). The Bertz CT molecular complexity index is 1620. The molecule has 4 aromatic heterocycles. The second-order valence-corrected chi connectivity index (χ2v) is 10.6. The number of carbonyl (C=O) groups is 1. The molecule has 188 valence electrons. The predicted octanol–water partition coefficient (Wildman–Crippen LogP) is 4.51. The van der Waals surface area contributed by atoms with E-state index in [-0.39, 0.29) is 17.1 Å². The summed E-state index contributed by atoms with van der Waals surface area (Å²) in [6, 6.07) is 8.74. The molecule has 0 aliphatic heterocycles. The number of benzene rings is 1. The minimum Gasteiger partial charge on any atom is -0.345 e. The Morgan fingerprint density at radius 2 is 1.95 bits per heavy atom. The van der Waals surface area contributed by atoms with Gasteiger partial charge in [-0.25, -0.2) is 9.50 Å². The summed E-state index contributed by atoms with van der Waals surface area (Å²) in [5.74, 6) is 0.0971. The van der Waals surface area contributed by atoms with Gasteiger partial charge >= 0.3 is 0 Å². The average Bonchev–Trinajstić information content (AvgIpc) is 3.28. The van der Waals surface area contributed by atoms with Gasteiger partial charge in [-0.2, -0.15) is 15.2 Å². The molecule has 0 atom stereocenters. The third-order valence-corrected chi connectivity index (χ3v) is 6.59. The van der Waals surface area contributed by atoms with Crippen LogP contribution < -0.4 is 5.32 Å². The molecule has 6 rings (SSSR count). The molecule has 1 aliphatic carbocycles. The van der Waals surface area contributed by atoms with Gasteiger partial charge in [0, 0.05) is 41.0 Å². The van der Waals surface area contributed by atoms with Gasteiger partial charge < -0.3 is 9.84 Å². The topological polar surface area (TPSA) is 116 Å². The Morgan fingerprint density at radius 1 is 1.11 bits per heavy atom. The lowest BCUT2D eigenvalue weighted by Gasteiger charge is -2.10. The molecule has 4 heterocycles. The van der Waals surface area contributed by atoms with Crippen molar-refractivity contribution < 1.29 is 9.32 Å². The van der Waals surface area contributed by atoms with E-state index in [1.165, 1.54) is 12.8 Å². The van der Waals surface area contributed by atoms with Crippen LogP contribution in [0.1, 0.15) is 67.3 Å². The molecule has 1 aromatic carbocycles. The van der Waals surface area contributed by atoms with Crippen LogP contribution in [0.2, 0.25) is 0 Å². The number of hydrogen-bond acceptors (Lipinski definition) is 7. The molecule has 1 N–H and O–H groups in total. The molecule has 0 radical (unpaired) electrons. The van der Waals surface area contributed by atoms with Crippen LogP contribution in [0.4, 0.5) is 0 Å². The van der Waals surface area contributed by atoms with Crippen LogP contribution in [0.3, 0.4) is 0 Å². The summed E-state index contributed by atoms with van der Waals surface area (Å²) < 4.78 is 9.13. The van der Waals surface area contributed by atoms with E-state index in [9.17, 15) is 4.79 Å². The summed E-state index contributed by atoms with van der Waals surface area (Å²) in [4.78, 5) is 21.4. The Kier molecular flexibility index (Phi) is 5.40. The number of hydrogen-bond donors (Lipinski definition) is 1. The molecule has 1 fully saturated rings. The van der Waals surface area contributed by atoms with Crippen molar-refractivity contribution in [3.8, 4) is 22.4 Å². The number of rotatable bonds is 6. The van der Waals surface area contributed by atoms with Crippen molar-refractivity contribution in [1.82, 2.24) is 39.8 Å². The minimum absolute atomic E-state index is 0.0364. The lowest BCUT2D eigenvalue weighted by Crippen LogP contribution is -2.24. The van der Waals surface area contributed by atoms with Crippen molar-refractivity contribution in [2.24, 2.45) is 0 Å². The van der Waals surface area contributed by atoms with Crippen LogP contribution in [-0.4, -0.2) is 40.4 Å². The lowest BCUT2D eigenvalue weighted by atomic mass is 9.97. The largest absolute Gasteiger partial charge is 0.345 e. The zero-order valence-corrected chi connectivity index (χ0v) is 21.3. The Hall–Kier alpha value is -4.34. The van der Waals surface area contributed by atoms with E-state index in [1.54, 1.807) is 6.33 Å². The predicted molar refractivity (Wildman–Crippen MR) is 137 cm³/mol. The number of nitrogens with one attached hydrogen (secondary N) is 1. The van der Waals surface area contributed by atoms with Gasteiger partial charge in [0.2, 0.25) is 5.89 Å². The molecule has 0 bridgehead atoms. The van der Waals surface area contributed by atoms with Gasteiger partial charge in [0.05, 0.1) is 23.4 Å². The summed E-state index contributed by atoms with van der Waals surface area (Å²) in [6.45, 7) is 8.23. The number of amides is 1. The smallest absolute Gasteiger partial charge is 0.292 e. The third kappa shape index (κ3) is 4.50. The molecule has 10 nitrogen and oxygen atoms in total. The molecular formula is C27H28N8O2. The maximum atomic E-state index is 12.5. The van der Waals surface area contributed by atoms with Crippen molar-refractivity contribution in [1.29, 1.82) is 0 Å². The van der Waals surface area contributed by atoms with Crippen molar-refractivity contribution in [3.05, 3.63) is 72.0 Å². The first-order valence-electron chi connectivity index (χ1n) is 12.4. The SMILES string of the molecule is Cc1cc(-c2ncnn3cc(-c4cnn(C5CC5)c4)cc23)ccc1CNC(=O)c1noc(C(C)(C)C)n1. The third-order valence-electron chi connectivity index (χ3n) is 6.59. The molecule has 37 heavy (non-hydrogen) atoms. The van der Waals surface area contributed by atoms with Crippen LogP contribution >= 0.6 is 0 Å². The highest BCUT2D eigenvalue weighted by atomic mass is 16.5. The van der Waals surface area contributed by atoms with Gasteiger partial charge in [-0.05, 0) is 43.0 Å². The second-order valence-electron chi connectivity index (χ2n) is 10.6. The molecule has 0 unspecified atom stereocenters. The molecule has 1 amide bonds. The normalized spacial score (nSPS) is 13.8. The van der Waals surface area contributed by atoms with E-state index in [1.807, 2.05) is 61.4 Å². The maximum absolute atomic E-state index is 12.5. The number of fused-ring (bicyclic) bond motifs is 1. The minimum atomic E-state index is -0.369. The first-order valence-corrected chi connectivity index (χ1v) is 12.4. The van der Waals surface area contributed by atoms with Crippen LogP contribution in [-0.2, 0) is 12.0 Å². The lowest BCUT2D eigenvalue weighted by molar-refractivity contribution is 0.0937. The number of carbonyl (C=O) groups excluding carboxylic acids is 1. The van der Waals surface area contributed by atoms with Crippen molar-refractivity contribution in [2.45, 2.75) is 58.5 Å². The van der Waals surface area contributed by atoms with E-state index < -0.39 is 0 Å². The number of nitrogens with zero attached hydrogens (tertiary/aromatic N) is 7. The highest BCUT2D eigenvalue weighted by Gasteiger charge is 2.25. The summed E-state index contributed by atoms with van der Waals surface area (Å²) in [6.07, 6.45) is 9.98. The maximum Gasteiger partial charge on any atom is 0.292 e. The molecule has 1 aliphatic rings. The van der Waals surface area contributed by atoms with Gasteiger partial charge in [0.15, 0.2) is 0 Å². The Balaban J connectivity index is 1.21. The highest BCUT2D eigenvalue weighted by molar-refractivity contribution is 5.90. The average molecular weight is 497 g/mol. The van der Waals surface area contributed by atoms with E-state index >= 15 is 0 Å². The molecule has 0 spiro atoms. The van der Waals surface area contributed by atoms with Crippen LogP contribution in [0, 0.1) is 6.92 Å². The quantitative estimate of drug-likeness (QED) is 0.368. The fourth-order valence-electron chi connectivity index (χ4n) is 4.25. The number of aromatic nitrogens is 7. The van der Waals surface area contributed by atoms with E-state index in [0.29, 0.717) is 18.5 Å². The van der Waals surface area contributed by atoms with Crippen molar-refractivity contribution in [3.63, 3.8) is 0 Å². The van der Waals surface area contributed by atoms with Crippen molar-refractivity contribution >= 4 is 11.4 Å². The first kappa shape index (κ1) is 23.1. The monoisotopic (exact) mass is 496 g/mol. The van der Waals surface area contributed by atoms with E-state index in [4.69, 9.17) is 4.52 Å². The summed E-state index contributed by atoms with van der Waals surface area (Å²) >= 11 is 0. The van der Waals surface area contributed by atoms with Crippen LogP contribution in [0.5, 0.6) is 0 Å². The zero-order chi connectivity index (χ0) is 25.7. The molecule has 0 saturated heterocycles. The molecular weight excluding hydrogens is 468 g/mol. The molecule has 10 heteroatoms. The van der Waals surface area contributed by atoms with Gasteiger partial charge in [0.1, 0.15) is 6.33 Å². The van der Waals surface area contributed by atoms with Crippen LogP contribution in [0.15, 0.2) is 53.7 Å². The second kappa shape index (κ2) is 8.65. The number of aryl methyl sites for hydroxylation is 1. The fourth-order valence-corrected chi connectivity index (χ4v) is 4.25. The molecule has 5 aromatic rings. The first-order chi connectivity index (χ1) is 17.8.